The first kappa shape index (κ1) is 16.7. The van der Waals surface area contributed by atoms with Crippen molar-refractivity contribution in [1.82, 2.24) is 5.32 Å². The van der Waals surface area contributed by atoms with Crippen LogP contribution in [0.4, 0.5) is 0 Å². The molecule has 1 aliphatic rings. The molecule has 116 valence electrons. The molecule has 0 saturated heterocycles. The zero-order chi connectivity index (χ0) is 15.5. The maximum atomic E-state index is 12.2. The van der Waals surface area contributed by atoms with Crippen molar-refractivity contribution in [2.24, 2.45) is 0 Å². The quantitative estimate of drug-likeness (QED) is 0.833. The average Bonchev–Trinajstić information content (AvgIpc) is 2.84. The number of ether oxygens (including phenoxy) is 1. The topological polar surface area (TPSA) is 38.3 Å². The van der Waals surface area contributed by atoms with E-state index in [4.69, 9.17) is 16.3 Å². The minimum Gasteiger partial charge on any atom is -0.468 e. The lowest BCUT2D eigenvalue weighted by Crippen LogP contribution is -2.53. The number of thioether (sulfide) groups is 1. The summed E-state index contributed by atoms with van der Waals surface area (Å²) in [4.78, 5) is 13.4. The lowest BCUT2D eigenvalue weighted by molar-refractivity contribution is -0.148. The molecule has 0 radical (unpaired) electrons. The van der Waals surface area contributed by atoms with Crippen LogP contribution >= 0.6 is 23.4 Å². The van der Waals surface area contributed by atoms with E-state index in [0.29, 0.717) is 5.25 Å². The van der Waals surface area contributed by atoms with Crippen LogP contribution in [0.1, 0.15) is 33.1 Å². The third-order valence-corrected chi connectivity index (χ3v) is 5.26. The second kappa shape index (κ2) is 7.03. The van der Waals surface area contributed by atoms with Crippen molar-refractivity contribution >= 4 is 29.3 Å². The molecule has 1 aliphatic carbocycles. The van der Waals surface area contributed by atoms with Crippen LogP contribution in [-0.4, -0.2) is 29.9 Å². The molecule has 1 saturated carbocycles. The molecule has 1 aromatic carbocycles. The molecule has 0 aliphatic heterocycles. The van der Waals surface area contributed by atoms with Crippen LogP contribution in [0.5, 0.6) is 0 Å². The normalized spacial score (nSPS) is 25.3. The van der Waals surface area contributed by atoms with Gasteiger partial charge in [0.25, 0.3) is 0 Å². The van der Waals surface area contributed by atoms with Crippen molar-refractivity contribution in [3.8, 4) is 0 Å². The van der Waals surface area contributed by atoms with Gasteiger partial charge in [0.15, 0.2) is 0 Å². The summed E-state index contributed by atoms with van der Waals surface area (Å²) in [7, 11) is 1.46. The van der Waals surface area contributed by atoms with E-state index in [-0.39, 0.29) is 12.0 Å². The molecule has 0 heterocycles. The largest absolute Gasteiger partial charge is 0.468 e. The van der Waals surface area contributed by atoms with Crippen molar-refractivity contribution in [3.05, 3.63) is 29.3 Å². The van der Waals surface area contributed by atoms with Crippen molar-refractivity contribution < 1.29 is 9.53 Å². The van der Waals surface area contributed by atoms with Crippen LogP contribution < -0.4 is 5.32 Å². The summed E-state index contributed by atoms with van der Waals surface area (Å²) in [5.41, 5.74) is -0.535. The number of rotatable bonds is 5. The van der Waals surface area contributed by atoms with Gasteiger partial charge in [-0.05, 0) is 57.4 Å². The molecule has 3 nitrogen and oxygen atoms in total. The minimum atomic E-state index is -0.535. The number of benzene rings is 1. The Kier molecular flexibility index (Phi) is 5.58. The van der Waals surface area contributed by atoms with Crippen LogP contribution in [-0.2, 0) is 9.53 Å². The summed E-state index contributed by atoms with van der Waals surface area (Å²) in [5, 5.41) is 4.58. The van der Waals surface area contributed by atoms with Crippen LogP contribution in [0.25, 0.3) is 0 Å². The molecule has 0 bridgehead atoms. The van der Waals surface area contributed by atoms with Crippen molar-refractivity contribution in [3.63, 3.8) is 0 Å². The van der Waals surface area contributed by atoms with Crippen LogP contribution in [0.15, 0.2) is 29.2 Å². The number of esters is 1. The van der Waals surface area contributed by atoms with Crippen LogP contribution in [0.3, 0.4) is 0 Å². The Hall–Kier alpha value is -0.710. The molecule has 0 aromatic heterocycles. The van der Waals surface area contributed by atoms with Crippen LogP contribution in [0.2, 0.25) is 5.02 Å². The number of carbonyl (C=O) groups excluding carboxylic acids is 1. The summed E-state index contributed by atoms with van der Waals surface area (Å²) >= 11 is 7.72. The summed E-state index contributed by atoms with van der Waals surface area (Å²) < 4.78 is 5.02. The van der Waals surface area contributed by atoms with E-state index in [1.165, 1.54) is 12.0 Å². The standard InChI is InChI=1S/C16H22ClNO2S/c1-11(2)18-16(15(19)20-3)9-8-14(10-16)21-13-6-4-12(17)5-7-13/h4-7,11,14,18H,8-10H2,1-3H3. The summed E-state index contributed by atoms with van der Waals surface area (Å²) in [6, 6.07) is 8.11. The van der Waals surface area contributed by atoms with Gasteiger partial charge in [-0.1, -0.05) is 11.6 Å². The molecule has 2 unspecified atom stereocenters. The molecule has 21 heavy (non-hydrogen) atoms. The molecule has 1 fully saturated rings. The summed E-state index contributed by atoms with van der Waals surface area (Å²) in [6.07, 6.45) is 2.62. The first-order valence-corrected chi connectivity index (χ1v) is 8.49. The number of hydrogen-bond acceptors (Lipinski definition) is 4. The van der Waals surface area contributed by atoms with Gasteiger partial charge in [-0.25, -0.2) is 0 Å². The Bertz CT molecular complexity index is 492. The highest BCUT2D eigenvalue weighted by Crippen LogP contribution is 2.41. The van der Waals surface area contributed by atoms with Gasteiger partial charge >= 0.3 is 5.97 Å². The second-order valence-electron chi connectivity index (χ2n) is 5.81. The lowest BCUT2D eigenvalue weighted by Gasteiger charge is -2.30. The van der Waals surface area contributed by atoms with Gasteiger partial charge in [-0.3, -0.25) is 10.1 Å². The second-order valence-corrected chi connectivity index (χ2v) is 7.62. The summed E-state index contributed by atoms with van der Waals surface area (Å²) in [5.74, 6) is -0.143. The van der Waals surface area contributed by atoms with E-state index in [1.807, 2.05) is 36.0 Å². The van der Waals surface area contributed by atoms with E-state index in [1.54, 1.807) is 0 Å². The van der Waals surface area contributed by atoms with E-state index in [2.05, 4.69) is 19.2 Å². The zero-order valence-corrected chi connectivity index (χ0v) is 14.3. The van der Waals surface area contributed by atoms with E-state index in [0.717, 1.165) is 24.3 Å². The molecule has 1 aromatic rings. The maximum Gasteiger partial charge on any atom is 0.326 e. The predicted octanol–water partition coefficient (Wildman–Crippen LogP) is 3.89. The van der Waals surface area contributed by atoms with Crippen molar-refractivity contribution in [1.29, 1.82) is 0 Å². The van der Waals surface area contributed by atoms with E-state index in [9.17, 15) is 4.79 Å². The van der Waals surface area contributed by atoms with Crippen LogP contribution in [0, 0.1) is 0 Å². The van der Waals surface area contributed by atoms with Gasteiger partial charge in [0.2, 0.25) is 0 Å². The molecule has 5 heteroatoms. The highest BCUT2D eigenvalue weighted by Gasteiger charge is 2.46. The highest BCUT2D eigenvalue weighted by molar-refractivity contribution is 8.00. The number of methoxy groups -OCH3 is 1. The Morgan fingerprint density at radius 2 is 2.10 bits per heavy atom. The molecular formula is C16H22ClNO2S. The average molecular weight is 328 g/mol. The number of carbonyl (C=O) groups is 1. The van der Waals surface area contributed by atoms with Gasteiger partial charge in [-0.15, -0.1) is 11.8 Å². The molecular weight excluding hydrogens is 306 g/mol. The minimum absolute atomic E-state index is 0.143. The number of hydrogen-bond donors (Lipinski definition) is 1. The molecule has 1 N–H and O–H groups in total. The fourth-order valence-electron chi connectivity index (χ4n) is 2.93. The highest BCUT2D eigenvalue weighted by atomic mass is 35.5. The van der Waals surface area contributed by atoms with E-state index < -0.39 is 5.54 Å². The van der Waals surface area contributed by atoms with Gasteiger partial charge in [0.05, 0.1) is 7.11 Å². The predicted molar refractivity (Wildman–Crippen MR) is 88.0 cm³/mol. The van der Waals surface area contributed by atoms with Gasteiger partial charge in [-0.2, -0.15) is 0 Å². The molecule has 0 amide bonds. The monoisotopic (exact) mass is 327 g/mol. The van der Waals surface area contributed by atoms with Gasteiger partial charge in [0, 0.05) is 21.2 Å². The zero-order valence-electron chi connectivity index (χ0n) is 12.7. The van der Waals surface area contributed by atoms with Gasteiger partial charge < -0.3 is 4.74 Å². The molecule has 2 atom stereocenters. The first-order valence-electron chi connectivity index (χ1n) is 7.23. The van der Waals surface area contributed by atoms with Crippen molar-refractivity contribution in [2.45, 2.75) is 54.8 Å². The van der Waals surface area contributed by atoms with Crippen molar-refractivity contribution in [2.75, 3.05) is 7.11 Å². The first-order chi connectivity index (χ1) is 9.95. The molecule has 0 spiro atoms. The number of halogens is 1. The Morgan fingerprint density at radius 1 is 1.43 bits per heavy atom. The number of nitrogens with one attached hydrogen (secondary N) is 1. The van der Waals surface area contributed by atoms with Gasteiger partial charge in [0.1, 0.15) is 5.54 Å². The SMILES string of the molecule is COC(=O)C1(NC(C)C)CCC(Sc2ccc(Cl)cc2)C1. The summed E-state index contributed by atoms with van der Waals surface area (Å²) in [6.45, 7) is 4.12. The maximum absolute atomic E-state index is 12.2. The fraction of sp³-hybridized carbons (Fsp3) is 0.562. The third kappa shape index (κ3) is 4.15. The Labute approximate surface area is 135 Å². The molecule has 2 rings (SSSR count). The smallest absolute Gasteiger partial charge is 0.326 e. The fourth-order valence-corrected chi connectivity index (χ4v) is 4.34. The van der Waals surface area contributed by atoms with E-state index >= 15 is 0 Å². The third-order valence-electron chi connectivity index (χ3n) is 3.73. The Morgan fingerprint density at radius 3 is 2.67 bits per heavy atom. The Balaban J connectivity index is 2.05. The lowest BCUT2D eigenvalue weighted by atomic mass is 9.96.